The van der Waals surface area contributed by atoms with Crippen molar-refractivity contribution in [1.29, 1.82) is 0 Å². The van der Waals surface area contributed by atoms with E-state index in [1.54, 1.807) is 12.1 Å². The van der Waals surface area contributed by atoms with Gasteiger partial charge in [0.15, 0.2) is 0 Å². The first-order chi connectivity index (χ1) is 19.0. The number of hydrogen-bond acceptors (Lipinski definition) is 2. The van der Waals surface area contributed by atoms with Gasteiger partial charge in [-0.1, -0.05) is 113 Å². The fraction of sp³-hybridized carbons (Fsp3) is 0.297. The molecule has 2 nitrogen and oxygen atoms in total. The molecule has 3 N–H and O–H groups in total. The summed E-state index contributed by atoms with van der Waals surface area (Å²) in [6, 6.07) is 20.3. The summed E-state index contributed by atoms with van der Waals surface area (Å²) < 4.78 is 13.1. The number of nitrogens with one attached hydrogen (secondary N) is 1. The predicted molar refractivity (Wildman–Crippen MR) is 178 cm³/mol. The van der Waals surface area contributed by atoms with E-state index in [4.69, 9.17) is 5.73 Å². The third kappa shape index (κ3) is 11.5. The molecule has 0 spiro atoms. The van der Waals surface area contributed by atoms with Crippen LogP contribution in [0.5, 0.6) is 0 Å². The quantitative estimate of drug-likeness (QED) is 0.278. The van der Waals surface area contributed by atoms with E-state index in [1.807, 2.05) is 40.7 Å². The monoisotopic (exact) mass is 542 g/mol. The topological polar surface area (TPSA) is 38.0 Å². The number of benzene rings is 3. The Morgan fingerprint density at radius 1 is 0.925 bits per heavy atom. The molecule has 40 heavy (non-hydrogen) atoms. The Kier molecular flexibility index (Phi) is 17.4. The van der Waals surface area contributed by atoms with Gasteiger partial charge in [0.1, 0.15) is 5.82 Å². The summed E-state index contributed by atoms with van der Waals surface area (Å²) in [4.78, 5) is 0. The van der Waals surface area contributed by atoms with Crippen molar-refractivity contribution in [3.05, 3.63) is 138 Å². The molecule has 0 aromatic heterocycles. The molecule has 1 unspecified atom stereocenters. The predicted octanol–water partition coefficient (Wildman–Crippen LogP) is 10.6. The van der Waals surface area contributed by atoms with Crippen LogP contribution < -0.4 is 11.1 Å². The maximum Gasteiger partial charge on any atom is 0.132 e. The lowest BCUT2D eigenvalue weighted by atomic mass is 9.95. The minimum absolute atomic E-state index is 0.273. The standard InChI is InChI=1S/C22H27N.C10H12FN.C3H6.C2H6/c1-7-22(19-11-8-10-16(4)14-19)23-18(6)21-13-9-12-20(15(2)3)17(21)5;1-3-8-4-5-9(7(2)12)10(11)6-8;1-3-2;1-2/h8-14,22-23H,2,6-7H2,1,3-5H3;4-6H,2-3,12H2,1H3;3H,1H2,2H3;1-2H3. The van der Waals surface area contributed by atoms with Crippen LogP contribution in [0.25, 0.3) is 17.0 Å². The fourth-order valence-corrected chi connectivity index (χ4v) is 4.06. The van der Waals surface area contributed by atoms with Gasteiger partial charge < -0.3 is 11.1 Å². The fourth-order valence-electron chi connectivity index (χ4n) is 4.06. The number of aryl methyl sites for hydroxylation is 2. The highest BCUT2D eigenvalue weighted by atomic mass is 19.1. The van der Waals surface area contributed by atoms with Crippen molar-refractivity contribution in [3.8, 4) is 0 Å². The van der Waals surface area contributed by atoms with Gasteiger partial charge in [0, 0.05) is 22.5 Å². The molecule has 3 rings (SSSR count). The van der Waals surface area contributed by atoms with Gasteiger partial charge in [0.2, 0.25) is 0 Å². The van der Waals surface area contributed by atoms with Gasteiger partial charge in [0.25, 0.3) is 0 Å². The molecule has 0 saturated heterocycles. The van der Waals surface area contributed by atoms with E-state index < -0.39 is 0 Å². The van der Waals surface area contributed by atoms with Crippen molar-refractivity contribution < 1.29 is 4.39 Å². The first kappa shape index (κ1) is 36.1. The molecule has 0 radical (unpaired) electrons. The van der Waals surface area contributed by atoms with Crippen molar-refractivity contribution in [3.63, 3.8) is 0 Å². The summed E-state index contributed by atoms with van der Waals surface area (Å²) in [5.74, 6) is -0.290. The van der Waals surface area contributed by atoms with Crippen molar-refractivity contribution in [2.75, 3.05) is 0 Å². The largest absolute Gasteiger partial charge is 0.399 e. The molecular weight excluding hydrogens is 491 g/mol. The van der Waals surface area contributed by atoms with Gasteiger partial charge in [-0.25, -0.2) is 4.39 Å². The van der Waals surface area contributed by atoms with E-state index in [0.29, 0.717) is 5.56 Å². The van der Waals surface area contributed by atoms with Gasteiger partial charge >= 0.3 is 0 Å². The number of rotatable bonds is 8. The normalized spacial score (nSPS) is 10.2. The first-order valence-corrected chi connectivity index (χ1v) is 14.1. The summed E-state index contributed by atoms with van der Waals surface area (Å²) in [6.45, 7) is 31.6. The Bertz CT molecular complexity index is 1250. The third-order valence-electron chi connectivity index (χ3n) is 6.11. The average molecular weight is 543 g/mol. The van der Waals surface area contributed by atoms with E-state index >= 15 is 0 Å². The zero-order valence-electron chi connectivity index (χ0n) is 26.1. The van der Waals surface area contributed by atoms with Gasteiger partial charge in [-0.15, -0.1) is 6.58 Å². The van der Waals surface area contributed by atoms with Crippen LogP contribution >= 0.6 is 0 Å². The van der Waals surface area contributed by atoms with Crippen molar-refractivity contribution in [2.45, 2.75) is 74.3 Å². The van der Waals surface area contributed by atoms with Crippen molar-refractivity contribution in [2.24, 2.45) is 5.73 Å². The summed E-state index contributed by atoms with van der Waals surface area (Å²) in [7, 11) is 0. The third-order valence-corrected chi connectivity index (χ3v) is 6.11. The van der Waals surface area contributed by atoms with Crippen molar-refractivity contribution >= 4 is 17.0 Å². The van der Waals surface area contributed by atoms with E-state index in [9.17, 15) is 4.39 Å². The highest BCUT2D eigenvalue weighted by Gasteiger charge is 2.13. The zero-order valence-corrected chi connectivity index (χ0v) is 26.1. The van der Waals surface area contributed by atoms with E-state index in [-0.39, 0.29) is 17.6 Å². The average Bonchev–Trinajstić information content (AvgIpc) is 2.93. The highest BCUT2D eigenvalue weighted by molar-refractivity contribution is 5.73. The van der Waals surface area contributed by atoms with Gasteiger partial charge in [-0.3, -0.25) is 0 Å². The zero-order chi connectivity index (χ0) is 30.8. The molecule has 216 valence electrons. The maximum atomic E-state index is 13.1. The minimum atomic E-state index is -0.290. The number of hydrogen-bond donors (Lipinski definition) is 2. The lowest BCUT2D eigenvalue weighted by molar-refractivity contribution is 0.613. The summed E-state index contributed by atoms with van der Waals surface area (Å²) in [6.07, 6.45) is 3.59. The van der Waals surface area contributed by atoms with Crippen LogP contribution in [0.2, 0.25) is 0 Å². The first-order valence-electron chi connectivity index (χ1n) is 14.1. The maximum absolute atomic E-state index is 13.1. The van der Waals surface area contributed by atoms with E-state index in [1.165, 1.54) is 28.3 Å². The van der Waals surface area contributed by atoms with Crippen LogP contribution in [0, 0.1) is 19.7 Å². The second kappa shape index (κ2) is 19.2. The van der Waals surface area contributed by atoms with Gasteiger partial charge in [0.05, 0.1) is 6.04 Å². The minimum Gasteiger partial charge on any atom is -0.399 e. The lowest BCUT2D eigenvalue weighted by Crippen LogP contribution is -2.19. The smallest absolute Gasteiger partial charge is 0.132 e. The molecule has 1 atom stereocenters. The Labute approximate surface area is 244 Å². The highest BCUT2D eigenvalue weighted by Crippen LogP contribution is 2.27. The van der Waals surface area contributed by atoms with E-state index in [0.717, 1.165) is 35.2 Å². The van der Waals surface area contributed by atoms with Gasteiger partial charge in [-0.05, 0) is 74.9 Å². The number of allylic oxidation sites excluding steroid dienone is 2. The van der Waals surface area contributed by atoms with E-state index in [2.05, 4.69) is 94.9 Å². The van der Waals surface area contributed by atoms with Crippen LogP contribution in [0.1, 0.15) is 92.9 Å². The molecule has 3 heteroatoms. The Morgan fingerprint density at radius 2 is 1.50 bits per heavy atom. The molecule has 3 aromatic carbocycles. The number of halogens is 1. The summed E-state index contributed by atoms with van der Waals surface area (Å²) in [5.41, 5.74) is 15.3. The second-order valence-corrected chi connectivity index (χ2v) is 9.36. The molecule has 0 aliphatic rings. The Hall–Kier alpha value is -3.85. The molecule has 0 fully saturated rings. The van der Waals surface area contributed by atoms with Crippen LogP contribution in [-0.2, 0) is 6.42 Å². The Morgan fingerprint density at radius 3 is 1.98 bits per heavy atom. The number of nitrogens with two attached hydrogens (primary N) is 1. The molecule has 0 saturated carbocycles. The second-order valence-electron chi connectivity index (χ2n) is 9.36. The molecule has 0 aliphatic carbocycles. The van der Waals surface area contributed by atoms with Crippen LogP contribution in [0.3, 0.4) is 0 Å². The molecular formula is C37H51FN2. The summed E-state index contributed by atoms with van der Waals surface area (Å²) >= 11 is 0. The van der Waals surface area contributed by atoms with Gasteiger partial charge in [-0.2, -0.15) is 0 Å². The van der Waals surface area contributed by atoms with Crippen LogP contribution in [-0.4, -0.2) is 0 Å². The SMILES string of the molecule is C=C(C)c1cccc(C(=C)NC(CC)c2cccc(C)c2)c1C.C=C(N)c1ccc(CC)cc1F.C=CC.CC. The molecule has 0 bridgehead atoms. The molecule has 0 amide bonds. The van der Waals surface area contributed by atoms with Crippen LogP contribution in [0.15, 0.2) is 93.1 Å². The van der Waals surface area contributed by atoms with Crippen LogP contribution in [0.4, 0.5) is 4.39 Å². The lowest BCUT2D eigenvalue weighted by Gasteiger charge is -2.22. The molecule has 0 aliphatic heterocycles. The molecule has 3 aromatic rings. The van der Waals surface area contributed by atoms with Crippen molar-refractivity contribution in [1.82, 2.24) is 5.32 Å². The molecule has 0 heterocycles. The Balaban J connectivity index is 0.000000749. The summed E-state index contributed by atoms with van der Waals surface area (Å²) in [5, 5.41) is 3.61.